The van der Waals surface area contributed by atoms with Crippen molar-refractivity contribution in [1.82, 2.24) is 10.2 Å². The second-order valence-corrected chi connectivity index (χ2v) is 7.39. The molecule has 0 spiro atoms. The van der Waals surface area contributed by atoms with Gasteiger partial charge in [0.2, 0.25) is 5.91 Å². The molecule has 160 valence electrons. The van der Waals surface area contributed by atoms with Crippen molar-refractivity contribution in [3.8, 4) is 0 Å². The molecular formula is C22H34N3O4+. The van der Waals surface area contributed by atoms with Gasteiger partial charge in [0.05, 0.1) is 44.3 Å². The molecule has 0 fully saturated rings. The van der Waals surface area contributed by atoms with Crippen LogP contribution in [0.15, 0.2) is 45.8 Å². The van der Waals surface area contributed by atoms with E-state index in [4.69, 9.17) is 8.83 Å². The molecule has 2 N–H and O–H groups in total. The molecule has 0 aliphatic rings. The van der Waals surface area contributed by atoms with E-state index in [1.54, 1.807) is 28.2 Å². The number of hydrogen-bond acceptors (Lipinski definition) is 4. The van der Waals surface area contributed by atoms with Crippen LogP contribution in [0, 0.1) is 0 Å². The Morgan fingerprint density at radius 2 is 2.00 bits per heavy atom. The summed E-state index contributed by atoms with van der Waals surface area (Å²) in [6.07, 6.45) is 6.74. The van der Waals surface area contributed by atoms with Crippen LogP contribution < -0.4 is 10.2 Å². The van der Waals surface area contributed by atoms with Gasteiger partial charge in [-0.2, -0.15) is 0 Å². The zero-order valence-corrected chi connectivity index (χ0v) is 17.8. The fourth-order valence-electron chi connectivity index (χ4n) is 3.33. The molecule has 1 atom stereocenters. The standard InChI is InChI=1S/C22H33N3O4/c1-4-24(5-2)12-6-8-18(3)23-21(26)10-13-25(16-20-9-7-14-29-20)22(27)19-11-15-28-17-19/h7,9,11,14-15,17-18H,4-6,8,10,12-13,16H2,1-3H3,(H,23,26)/p+1/t18-/m0/s1. The second kappa shape index (κ2) is 12.1. The van der Waals surface area contributed by atoms with Crippen molar-refractivity contribution >= 4 is 11.8 Å². The number of furan rings is 2. The molecule has 0 aromatic carbocycles. The van der Waals surface area contributed by atoms with Crippen LogP contribution in [0.1, 0.15) is 56.2 Å². The Balaban J connectivity index is 1.81. The largest absolute Gasteiger partial charge is 0.472 e. The SMILES string of the molecule is CC[NH+](CC)CCC[C@H](C)NC(=O)CCN(Cc1ccco1)C(=O)c1ccoc1. The Morgan fingerprint density at radius 3 is 2.62 bits per heavy atom. The summed E-state index contributed by atoms with van der Waals surface area (Å²) in [4.78, 5) is 28.3. The number of carbonyl (C=O) groups is 2. The Kier molecular flexibility index (Phi) is 9.50. The molecule has 7 heteroatoms. The summed E-state index contributed by atoms with van der Waals surface area (Å²) < 4.78 is 10.4. The van der Waals surface area contributed by atoms with E-state index in [1.807, 2.05) is 13.0 Å². The molecule has 2 amide bonds. The molecule has 29 heavy (non-hydrogen) atoms. The summed E-state index contributed by atoms with van der Waals surface area (Å²) in [6.45, 7) is 10.4. The topological polar surface area (TPSA) is 80.1 Å². The van der Waals surface area contributed by atoms with E-state index in [0.717, 1.165) is 32.5 Å². The highest BCUT2D eigenvalue weighted by molar-refractivity contribution is 5.94. The van der Waals surface area contributed by atoms with Gasteiger partial charge >= 0.3 is 0 Å². The van der Waals surface area contributed by atoms with Crippen molar-refractivity contribution in [2.24, 2.45) is 0 Å². The van der Waals surface area contributed by atoms with E-state index in [-0.39, 0.29) is 24.3 Å². The number of quaternary nitrogens is 1. The van der Waals surface area contributed by atoms with Gasteiger partial charge in [0, 0.05) is 19.0 Å². The first-order chi connectivity index (χ1) is 14.0. The van der Waals surface area contributed by atoms with Crippen LogP contribution in [-0.2, 0) is 11.3 Å². The molecule has 2 aromatic heterocycles. The molecule has 0 bridgehead atoms. The van der Waals surface area contributed by atoms with Crippen LogP contribution in [0.4, 0.5) is 0 Å². The highest BCUT2D eigenvalue weighted by atomic mass is 16.3. The van der Waals surface area contributed by atoms with Gasteiger partial charge in [-0.3, -0.25) is 9.59 Å². The molecular weight excluding hydrogens is 370 g/mol. The molecule has 0 saturated carbocycles. The highest BCUT2D eigenvalue weighted by Crippen LogP contribution is 2.12. The van der Waals surface area contributed by atoms with Gasteiger partial charge in [0.25, 0.3) is 5.91 Å². The average molecular weight is 405 g/mol. The number of nitrogens with zero attached hydrogens (tertiary/aromatic N) is 1. The van der Waals surface area contributed by atoms with Gasteiger partial charge in [-0.1, -0.05) is 0 Å². The van der Waals surface area contributed by atoms with Crippen molar-refractivity contribution in [1.29, 1.82) is 0 Å². The maximum Gasteiger partial charge on any atom is 0.257 e. The molecule has 0 unspecified atom stereocenters. The van der Waals surface area contributed by atoms with Gasteiger partial charge in [-0.15, -0.1) is 0 Å². The minimum Gasteiger partial charge on any atom is -0.472 e. The molecule has 2 heterocycles. The van der Waals surface area contributed by atoms with Crippen molar-refractivity contribution in [3.05, 3.63) is 48.3 Å². The Hall–Kier alpha value is -2.54. The van der Waals surface area contributed by atoms with Crippen molar-refractivity contribution < 1.29 is 23.3 Å². The van der Waals surface area contributed by atoms with E-state index >= 15 is 0 Å². The zero-order chi connectivity index (χ0) is 21.1. The van der Waals surface area contributed by atoms with Gasteiger partial charge in [0.1, 0.15) is 12.0 Å². The lowest BCUT2D eigenvalue weighted by Crippen LogP contribution is -3.11. The Morgan fingerprint density at radius 1 is 1.21 bits per heavy atom. The van der Waals surface area contributed by atoms with E-state index in [9.17, 15) is 9.59 Å². The minimum atomic E-state index is -0.182. The fraction of sp³-hybridized carbons (Fsp3) is 0.545. The van der Waals surface area contributed by atoms with Crippen molar-refractivity contribution in [2.75, 3.05) is 26.2 Å². The van der Waals surface area contributed by atoms with Crippen LogP contribution in [0.5, 0.6) is 0 Å². The van der Waals surface area contributed by atoms with Gasteiger partial charge in [-0.05, 0) is 51.8 Å². The lowest BCUT2D eigenvalue weighted by atomic mass is 10.1. The summed E-state index contributed by atoms with van der Waals surface area (Å²) >= 11 is 0. The van der Waals surface area contributed by atoms with Crippen LogP contribution in [0.25, 0.3) is 0 Å². The first-order valence-electron chi connectivity index (χ1n) is 10.5. The number of rotatable bonds is 13. The van der Waals surface area contributed by atoms with Gasteiger partial charge in [-0.25, -0.2) is 0 Å². The first-order valence-corrected chi connectivity index (χ1v) is 10.5. The molecule has 0 aliphatic carbocycles. The van der Waals surface area contributed by atoms with Crippen LogP contribution in [0.3, 0.4) is 0 Å². The maximum atomic E-state index is 12.7. The third-order valence-corrected chi connectivity index (χ3v) is 5.17. The van der Waals surface area contributed by atoms with Gasteiger partial charge in [0.15, 0.2) is 0 Å². The fourth-order valence-corrected chi connectivity index (χ4v) is 3.33. The summed E-state index contributed by atoms with van der Waals surface area (Å²) in [7, 11) is 0. The van der Waals surface area contributed by atoms with Crippen LogP contribution >= 0.6 is 0 Å². The molecule has 0 aliphatic heterocycles. The summed E-state index contributed by atoms with van der Waals surface area (Å²) in [6, 6.07) is 5.35. The third kappa shape index (κ3) is 7.77. The van der Waals surface area contributed by atoms with Crippen LogP contribution in [-0.4, -0.2) is 48.9 Å². The lowest BCUT2D eigenvalue weighted by molar-refractivity contribution is -0.896. The monoisotopic (exact) mass is 404 g/mol. The molecule has 7 nitrogen and oxygen atoms in total. The predicted octanol–water partition coefficient (Wildman–Crippen LogP) is 2.11. The highest BCUT2D eigenvalue weighted by Gasteiger charge is 2.20. The Bertz CT molecular complexity index is 709. The van der Waals surface area contributed by atoms with Crippen molar-refractivity contribution in [3.63, 3.8) is 0 Å². The lowest BCUT2D eigenvalue weighted by Gasteiger charge is -2.22. The second-order valence-electron chi connectivity index (χ2n) is 7.39. The van der Waals surface area contributed by atoms with E-state index in [0.29, 0.717) is 24.4 Å². The number of carbonyl (C=O) groups excluding carboxylic acids is 2. The normalized spacial score (nSPS) is 12.1. The molecule has 2 aromatic rings. The summed E-state index contributed by atoms with van der Waals surface area (Å²) in [5.74, 6) is 0.449. The number of nitrogens with one attached hydrogen (secondary N) is 2. The molecule has 0 saturated heterocycles. The molecule has 2 rings (SSSR count). The molecule has 0 radical (unpaired) electrons. The van der Waals surface area contributed by atoms with E-state index < -0.39 is 0 Å². The predicted molar refractivity (Wildman–Crippen MR) is 111 cm³/mol. The van der Waals surface area contributed by atoms with Crippen molar-refractivity contribution in [2.45, 2.75) is 52.6 Å². The Labute approximate surface area is 173 Å². The van der Waals surface area contributed by atoms with Gasteiger partial charge < -0.3 is 24.0 Å². The summed E-state index contributed by atoms with van der Waals surface area (Å²) in [5.41, 5.74) is 0.462. The maximum absolute atomic E-state index is 12.7. The zero-order valence-electron chi connectivity index (χ0n) is 17.8. The third-order valence-electron chi connectivity index (χ3n) is 5.17. The number of amides is 2. The smallest absolute Gasteiger partial charge is 0.257 e. The summed E-state index contributed by atoms with van der Waals surface area (Å²) in [5, 5.41) is 3.05. The quantitative estimate of drug-likeness (QED) is 0.536. The average Bonchev–Trinajstić information content (AvgIpc) is 3.42. The van der Waals surface area contributed by atoms with E-state index in [2.05, 4.69) is 19.2 Å². The first kappa shape index (κ1) is 22.7. The minimum absolute atomic E-state index is 0.0443. The van der Waals surface area contributed by atoms with Crippen LogP contribution in [0.2, 0.25) is 0 Å². The van der Waals surface area contributed by atoms with E-state index in [1.165, 1.54) is 12.5 Å². The number of hydrogen-bond donors (Lipinski definition) is 2.